The summed E-state index contributed by atoms with van der Waals surface area (Å²) in [5, 5.41) is 6.62. The van der Waals surface area contributed by atoms with Gasteiger partial charge in [-0.1, -0.05) is 10.6 Å². The van der Waals surface area contributed by atoms with E-state index in [-0.39, 0.29) is 30.6 Å². The first-order chi connectivity index (χ1) is 14.2. The number of aryl methyl sites for hydroxylation is 1. The summed E-state index contributed by atoms with van der Waals surface area (Å²) in [5.74, 6) is -0.957. The first kappa shape index (κ1) is 20.3. The number of aromatic nitrogens is 2. The zero-order valence-corrected chi connectivity index (χ0v) is 16.5. The molecule has 0 radical (unpaired) electrons. The van der Waals surface area contributed by atoms with Crippen LogP contribution in [-0.2, 0) is 11.0 Å². The predicted octanol–water partition coefficient (Wildman–Crippen LogP) is 2.59. The van der Waals surface area contributed by atoms with Crippen molar-refractivity contribution in [2.75, 3.05) is 11.4 Å². The maximum atomic E-state index is 13.0. The number of nitrogens with one attached hydrogen (secondary N) is 1. The molecule has 4 rings (SSSR count). The molecule has 1 aromatic carbocycles. The molecular formula is C18H16F3N5O3S. The number of hydrogen-bond acceptors (Lipinski definition) is 6. The van der Waals surface area contributed by atoms with Crippen molar-refractivity contribution in [2.24, 2.45) is 0 Å². The van der Waals surface area contributed by atoms with Gasteiger partial charge < -0.3 is 10.2 Å². The Morgan fingerprint density at radius 2 is 2.07 bits per heavy atom. The Morgan fingerprint density at radius 1 is 1.30 bits per heavy atom. The van der Waals surface area contributed by atoms with Crippen molar-refractivity contribution in [2.45, 2.75) is 38.0 Å². The Balaban J connectivity index is 1.51. The van der Waals surface area contributed by atoms with Crippen LogP contribution >= 0.6 is 11.5 Å². The normalized spacial score (nSPS) is 21.7. The van der Waals surface area contributed by atoms with Crippen LogP contribution < -0.4 is 10.2 Å². The third-order valence-corrected chi connectivity index (χ3v) is 6.00. The van der Waals surface area contributed by atoms with E-state index >= 15 is 0 Å². The van der Waals surface area contributed by atoms with Crippen molar-refractivity contribution in [3.05, 3.63) is 40.4 Å². The fourth-order valence-corrected chi connectivity index (χ4v) is 4.24. The maximum Gasteiger partial charge on any atom is 0.416 e. The smallest absolute Gasteiger partial charge is 0.348 e. The number of anilines is 1. The Labute approximate surface area is 172 Å². The lowest BCUT2D eigenvalue weighted by Gasteiger charge is -2.32. The number of benzene rings is 1. The van der Waals surface area contributed by atoms with Crippen LogP contribution in [-0.4, -0.2) is 51.0 Å². The SMILES string of the molecule is Cc1nnsc1C(=O)N[C@@H]1CCN2C(=O)N(c3cccc(C(F)(F)F)c3)C(=O)[C@@H]2C1. The largest absolute Gasteiger partial charge is 0.416 e. The van der Waals surface area contributed by atoms with Gasteiger partial charge in [-0.05, 0) is 49.5 Å². The minimum absolute atomic E-state index is 0.124. The fourth-order valence-electron chi connectivity index (χ4n) is 3.68. The summed E-state index contributed by atoms with van der Waals surface area (Å²) in [4.78, 5) is 40.5. The van der Waals surface area contributed by atoms with E-state index in [1.54, 1.807) is 6.92 Å². The Bertz CT molecular complexity index is 1020. The number of fused-ring (bicyclic) bond motifs is 1. The number of rotatable bonds is 3. The zero-order chi connectivity index (χ0) is 21.6. The monoisotopic (exact) mass is 439 g/mol. The topological polar surface area (TPSA) is 95.5 Å². The maximum absolute atomic E-state index is 13.0. The van der Waals surface area contributed by atoms with Gasteiger partial charge >= 0.3 is 12.2 Å². The third kappa shape index (κ3) is 3.51. The molecule has 3 heterocycles. The molecule has 2 aromatic rings. The molecule has 2 aliphatic heterocycles. The Morgan fingerprint density at radius 3 is 2.73 bits per heavy atom. The van der Waals surface area contributed by atoms with Crippen molar-refractivity contribution in [1.29, 1.82) is 0 Å². The van der Waals surface area contributed by atoms with Crippen LogP contribution in [0, 0.1) is 6.92 Å². The number of carbonyl (C=O) groups excluding carboxylic acids is 3. The van der Waals surface area contributed by atoms with Crippen LogP contribution in [0.4, 0.5) is 23.7 Å². The average Bonchev–Trinajstić information content (AvgIpc) is 3.23. The highest BCUT2D eigenvalue weighted by Gasteiger charge is 2.49. The molecule has 0 saturated carbocycles. The number of imide groups is 1. The molecule has 0 bridgehead atoms. The van der Waals surface area contributed by atoms with E-state index < -0.39 is 29.7 Å². The molecule has 2 atom stereocenters. The van der Waals surface area contributed by atoms with E-state index in [1.165, 1.54) is 11.0 Å². The van der Waals surface area contributed by atoms with Gasteiger partial charge in [0.15, 0.2) is 0 Å². The van der Waals surface area contributed by atoms with E-state index in [2.05, 4.69) is 14.9 Å². The van der Waals surface area contributed by atoms with E-state index in [0.29, 0.717) is 17.0 Å². The molecule has 30 heavy (non-hydrogen) atoms. The van der Waals surface area contributed by atoms with E-state index in [1.807, 2.05) is 0 Å². The summed E-state index contributed by atoms with van der Waals surface area (Å²) in [6.07, 6.45) is -3.99. The highest BCUT2D eigenvalue weighted by molar-refractivity contribution is 7.08. The van der Waals surface area contributed by atoms with Gasteiger partial charge in [0.1, 0.15) is 10.9 Å². The molecule has 1 N–H and O–H groups in total. The number of hydrogen-bond donors (Lipinski definition) is 1. The summed E-state index contributed by atoms with van der Waals surface area (Å²) in [6, 6.07) is 2.26. The predicted molar refractivity (Wildman–Crippen MR) is 100.0 cm³/mol. The second-order valence-corrected chi connectivity index (χ2v) is 7.85. The molecule has 0 aliphatic carbocycles. The lowest BCUT2D eigenvalue weighted by Crippen LogP contribution is -2.49. The van der Waals surface area contributed by atoms with Crippen LogP contribution in [0.3, 0.4) is 0 Å². The van der Waals surface area contributed by atoms with Crippen LogP contribution in [0.5, 0.6) is 0 Å². The number of carbonyl (C=O) groups is 3. The lowest BCUT2D eigenvalue weighted by atomic mass is 9.98. The summed E-state index contributed by atoms with van der Waals surface area (Å²) in [5.41, 5.74) is -0.567. The quantitative estimate of drug-likeness (QED) is 0.742. The second-order valence-electron chi connectivity index (χ2n) is 7.10. The van der Waals surface area contributed by atoms with Gasteiger partial charge in [0.2, 0.25) is 0 Å². The number of alkyl halides is 3. The minimum Gasteiger partial charge on any atom is -0.348 e. The van der Waals surface area contributed by atoms with Crippen molar-refractivity contribution < 1.29 is 27.6 Å². The van der Waals surface area contributed by atoms with Crippen LogP contribution in [0.15, 0.2) is 24.3 Å². The molecule has 0 spiro atoms. The molecule has 12 heteroatoms. The second kappa shape index (κ2) is 7.35. The molecule has 1 aromatic heterocycles. The summed E-state index contributed by atoms with van der Waals surface area (Å²) in [6.45, 7) is 1.86. The number of amides is 4. The average molecular weight is 439 g/mol. The van der Waals surface area contributed by atoms with Gasteiger partial charge in [-0.3, -0.25) is 9.59 Å². The van der Waals surface area contributed by atoms with Gasteiger partial charge in [0.25, 0.3) is 11.8 Å². The molecule has 2 fully saturated rings. The molecule has 0 unspecified atom stereocenters. The Kier molecular flexibility index (Phi) is 4.96. The van der Waals surface area contributed by atoms with Crippen LogP contribution in [0.2, 0.25) is 0 Å². The lowest BCUT2D eigenvalue weighted by molar-refractivity contribution is -0.137. The van der Waals surface area contributed by atoms with Crippen molar-refractivity contribution in [3.8, 4) is 0 Å². The highest BCUT2D eigenvalue weighted by atomic mass is 32.1. The number of piperidine rings is 1. The van der Waals surface area contributed by atoms with Gasteiger partial charge in [0, 0.05) is 12.6 Å². The number of urea groups is 1. The van der Waals surface area contributed by atoms with Crippen molar-refractivity contribution in [1.82, 2.24) is 19.8 Å². The summed E-state index contributed by atoms with van der Waals surface area (Å²) >= 11 is 0.963. The molecule has 158 valence electrons. The van der Waals surface area contributed by atoms with E-state index in [4.69, 9.17) is 0 Å². The van der Waals surface area contributed by atoms with Crippen molar-refractivity contribution >= 4 is 35.1 Å². The molecule has 4 amide bonds. The fraction of sp³-hybridized carbons (Fsp3) is 0.389. The van der Waals surface area contributed by atoms with Crippen molar-refractivity contribution in [3.63, 3.8) is 0 Å². The van der Waals surface area contributed by atoms with Gasteiger partial charge in [-0.2, -0.15) is 13.2 Å². The van der Waals surface area contributed by atoms with Gasteiger partial charge in [-0.25, -0.2) is 9.69 Å². The summed E-state index contributed by atoms with van der Waals surface area (Å²) < 4.78 is 42.8. The zero-order valence-electron chi connectivity index (χ0n) is 15.6. The number of nitrogens with zero attached hydrogens (tertiary/aromatic N) is 4. The van der Waals surface area contributed by atoms with Crippen LogP contribution in [0.1, 0.15) is 33.8 Å². The summed E-state index contributed by atoms with van der Waals surface area (Å²) in [7, 11) is 0. The highest BCUT2D eigenvalue weighted by Crippen LogP contribution is 2.35. The first-order valence-corrected chi connectivity index (χ1v) is 9.86. The Hall–Kier alpha value is -3.02. The number of halogens is 3. The van der Waals surface area contributed by atoms with E-state index in [0.717, 1.165) is 34.6 Å². The van der Waals surface area contributed by atoms with E-state index in [9.17, 15) is 27.6 Å². The molecule has 2 aliphatic rings. The molecule has 2 saturated heterocycles. The molecular weight excluding hydrogens is 423 g/mol. The first-order valence-electron chi connectivity index (χ1n) is 9.08. The standard InChI is InChI=1S/C18H16F3N5O3S/c1-9-14(30-24-23-9)15(27)22-11-5-6-25-13(8-11)16(28)26(17(25)29)12-4-2-3-10(7-12)18(19,20)21/h2-4,7,11,13H,5-6,8H2,1H3,(H,22,27)/t11-,13+/m1/s1. The van der Waals surface area contributed by atoms with Crippen LogP contribution in [0.25, 0.3) is 0 Å². The minimum atomic E-state index is -4.59. The van der Waals surface area contributed by atoms with Gasteiger partial charge in [-0.15, -0.1) is 5.10 Å². The van der Waals surface area contributed by atoms with Gasteiger partial charge in [0.05, 0.1) is 16.9 Å². The third-order valence-electron chi connectivity index (χ3n) is 5.17. The molecule has 8 nitrogen and oxygen atoms in total.